The topological polar surface area (TPSA) is 53.6 Å². The summed E-state index contributed by atoms with van der Waals surface area (Å²) in [6.45, 7) is 0.302. The second-order valence-corrected chi connectivity index (χ2v) is 6.32. The fourth-order valence-corrected chi connectivity index (χ4v) is 3.63. The fourth-order valence-electron chi connectivity index (χ4n) is 3.63. The number of nitrogens with one attached hydrogen (secondary N) is 2. The first-order valence-electron chi connectivity index (χ1n) is 8.06. The number of para-hydroxylation sites is 2. The van der Waals surface area contributed by atoms with Gasteiger partial charge in [-0.1, -0.05) is 12.1 Å². The molecule has 1 amide bonds. The third-order valence-electron chi connectivity index (χ3n) is 4.93. The second-order valence-electron chi connectivity index (χ2n) is 6.32. The molecule has 0 aliphatic carbocycles. The summed E-state index contributed by atoms with van der Waals surface area (Å²) < 4.78 is 5.30. The van der Waals surface area contributed by atoms with Gasteiger partial charge in [0.05, 0.1) is 19.3 Å². The maximum Gasteiger partial charge on any atom is 0.241 e. The Labute approximate surface area is 156 Å². The van der Waals surface area contributed by atoms with E-state index >= 15 is 0 Å². The van der Waals surface area contributed by atoms with E-state index in [1.807, 2.05) is 36.2 Å². The summed E-state index contributed by atoms with van der Waals surface area (Å²) in [5.41, 5.74) is 0.858. The van der Waals surface area contributed by atoms with Crippen LogP contribution in [0.4, 0.5) is 5.69 Å². The van der Waals surface area contributed by atoms with Crippen LogP contribution in [-0.4, -0.2) is 49.6 Å². The largest absolute Gasteiger partial charge is 0.495 e. The van der Waals surface area contributed by atoms with E-state index in [0.717, 1.165) is 24.3 Å². The minimum Gasteiger partial charge on any atom is -0.495 e. The zero-order valence-electron chi connectivity index (χ0n) is 14.2. The van der Waals surface area contributed by atoms with E-state index in [9.17, 15) is 4.79 Å². The molecule has 2 unspecified atom stereocenters. The number of likely N-dealkylation sites (N-methyl/N-ethyl adjacent to an activating group) is 1. The van der Waals surface area contributed by atoms with Gasteiger partial charge in [0.1, 0.15) is 5.75 Å². The van der Waals surface area contributed by atoms with Gasteiger partial charge >= 0.3 is 0 Å². The maximum absolute atomic E-state index is 12.5. The summed E-state index contributed by atoms with van der Waals surface area (Å²) in [6, 6.07) is 9.23. The van der Waals surface area contributed by atoms with Crippen LogP contribution in [-0.2, 0) is 4.79 Å². The summed E-state index contributed by atoms with van der Waals surface area (Å²) in [7, 11) is 3.57. The van der Waals surface area contributed by atoms with Crippen LogP contribution in [0.25, 0.3) is 0 Å². The molecule has 136 valence electrons. The van der Waals surface area contributed by atoms with Crippen molar-refractivity contribution in [3.63, 3.8) is 0 Å². The van der Waals surface area contributed by atoms with E-state index in [4.69, 9.17) is 4.74 Å². The molecule has 2 aliphatic rings. The molecular weight excluding hydrogens is 349 g/mol. The van der Waals surface area contributed by atoms with Gasteiger partial charge in [-0.25, -0.2) is 0 Å². The molecule has 5 nitrogen and oxygen atoms in total. The fraction of sp³-hybridized carbons (Fsp3) is 0.588. The summed E-state index contributed by atoms with van der Waals surface area (Å²) in [5.74, 6) is 0.898. The van der Waals surface area contributed by atoms with Gasteiger partial charge in [0.15, 0.2) is 0 Å². The van der Waals surface area contributed by atoms with Crippen molar-refractivity contribution in [3.8, 4) is 5.75 Å². The van der Waals surface area contributed by atoms with Crippen LogP contribution in [0.5, 0.6) is 5.75 Å². The number of carbonyl (C=O) groups excluding carboxylic acids is 1. The first kappa shape index (κ1) is 20.9. The molecule has 0 aromatic heterocycles. The van der Waals surface area contributed by atoms with Crippen molar-refractivity contribution < 1.29 is 9.53 Å². The zero-order chi connectivity index (χ0) is 15.5. The highest BCUT2D eigenvalue weighted by Crippen LogP contribution is 2.29. The van der Waals surface area contributed by atoms with Gasteiger partial charge in [0, 0.05) is 25.2 Å². The number of hydrogen-bond donors (Lipinski definition) is 2. The minimum absolute atomic E-state index is 0. The first-order chi connectivity index (χ1) is 10.7. The number of carbonyl (C=O) groups is 1. The number of amides is 1. The molecule has 0 saturated carbocycles. The molecule has 2 atom stereocenters. The Morgan fingerprint density at radius 1 is 1.25 bits per heavy atom. The molecule has 2 saturated heterocycles. The van der Waals surface area contributed by atoms with Crippen LogP contribution in [0.3, 0.4) is 0 Å². The number of anilines is 1. The van der Waals surface area contributed by atoms with Gasteiger partial charge < -0.3 is 20.3 Å². The Kier molecular flexibility index (Phi) is 8.13. The summed E-state index contributed by atoms with van der Waals surface area (Å²) >= 11 is 0. The van der Waals surface area contributed by atoms with Crippen molar-refractivity contribution in [1.82, 2.24) is 10.2 Å². The lowest BCUT2D eigenvalue weighted by molar-refractivity contribution is -0.130. The molecule has 24 heavy (non-hydrogen) atoms. The Morgan fingerprint density at radius 3 is 2.50 bits per heavy atom. The summed E-state index contributed by atoms with van der Waals surface area (Å²) in [4.78, 5) is 14.4. The molecule has 0 radical (unpaired) electrons. The maximum atomic E-state index is 12.5. The first-order valence-corrected chi connectivity index (χ1v) is 8.06. The van der Waals surface area contributed by atoms with Crippen LogP contribution >= 0.6 is 24.8 Å². The number of halogens is 2. The molecule has 1 aromatic rings. The highest BCUT2D eigenvalue weighted by atomic mass is 35.5. The number of hydrogen-bond acceptors (Lipinski definition) is 4. The average Bonchev–Trinajstić information content (AvgIpc) is 2.90. The molecular formula is C17H27Cl2N3O2. The number of benzene rings is 1. The molecule has 2 aliphatic heterocycles. The third kappa shape index (κ3) is 4.68. The minimum atomic E-state index is 0. The molecule has 2 heterocycles. The smallest absolute Gasteiger partial charge is 0.241 e. The van der Waals surface area contributed by atoms with Crippen molar-refractivity contribution in [2.24, 2.45) is 0 Å². The number of fused-ring (bicyclic) bond motifs is 2. The Hall–Kier alpha value is -1.17. The van der Waals surface area contributed by atoms with E-state index in [1.165, 1.54) is 12.8 Å². The van der Waals surface area contributed by atoms with E-state index in [0.29, 0.717) is 24.7 Å². The highest BCUT2D eigenvalue weighted by Gasteiger charge is 2.36. The second kappa shape index (κ2) is 9.35. The number of piperidine rings is 1. The van der Waals surface area contributed by atoms with Gasteiger partial charge in [-0.3, -0.25) is 4.79 Å². The van der Waals surface area contributed by atoms with Crippen molar-refractivity contribution in [3.05, 3.63) is 24.3 Å². The van der Waals surface area contributed by atoms with Crippen LogP contribution in [0.15, 0.2) is 24.3 Å². The van der Waals surface area contributed by atoms with Gasteiger partial charge in [-0.05, 0) is 37.8 Å². The highest BCUT2D eigenvalue weighted by molar-refractivity contribution is 5.85. The predicted molar refractivity (Wildman–Crippen MR) is 102 cm³/mol. The predicted octanol–water partition coefficient (Wildman–Crippen LogP) is 2.69. The molecule has 3 rings (SSSR count). The van der Waals surface area contributed by atoms with E-state index in [2.05, 4.69) is 10.6 Å². The molecule has 7 heteroatoms. The molecule has 2 bridgehead atoms. The monoisotopic (exact) mass is 375 g/mol. The third-order valence-corrected chi connectivity index (χ3v) is 4.93. The van der Waals surface area contributed by atoms with Crippen LogP contribution in [0, 0.1) is 0 Å². The van der Waals surface area contributed by atoms with Crippen molar-refractivity contribution in [2.45, 2.75) is 43.8 Å². The number of ether oxygens (including phenoxy) is 1. The molecule has 2 fully saturated rings. The average molecular weight is 376 g/mol. The lowest BCUT2D eigenvalue weighted by atomic mass is 9.98. The lowest BCUT2D eigenvalue weighted by Gasteiger charge is -2.35. The van der Waals surface area contributed by atoms with Gasteiger partial charge in [-0.15, -0.1) is 24.8 Å². The number of nitrogens with zero attached hydrogens (tertiary/aromatic N) is 1. The normalized spacial score (nSPS) is 24.3. The lowest BCUT2D eigenvalue weighted by Crippen LogP contribution is -2.49. The Bertz CT molecular complexity index is 532. The van der Waals surface area contributed by atoms with E-state index in [1.54, 1.807) is 7.11 Å². The van der Waals surface area contributed by atoms with Gasteiger partial charge in [-0.2, -0.15) is 0 Å². The zero-order valence-corrected chi connectivity index (χ0v) is 15.8. The molecule has 1 aromatic carbocycles. The van der Waals surface area contributed by atoms with Crippen molar-refractivity contribution in [2.75, 3.05) is 26.0 Å². The number of rotatable bonds is 5. The number of methoxy groups -OCH3 is 1. The van der Waals surface area contributed by atoms with Gasteiger partial charge in [0.25, 0.3) is 0 Å². The Balaban J connectivity index is 0.00000144. The van der Waals surface area contributed by atoms with Crippen LogP contribution < -0.4 is 15.4 Å². The standard InChI is InChI=1S/C17H25N3O2.2ClH/c1-20(14-9-12-7-8-13(10-14)19-12)17(21)11-18-15-5-3-4-6-16(15)22-2;;/h3-6,12-14,18-19H,7-11H2,1-2H3;2*1H. The summed E-state index contributed by atoms with van der Waals surface area (Å²) in [6.07, 6.45) is 4.66. The Morgan fingerprint density at radius 2 is 1.88 bits per heavy atom. The van der Waals surface area contributed by atoms with Crippen molar-refractivity contribution in [1.29, 1.82) is 0 Å². The van der Waals surface area contributed by atoms with Gasteiger partial charge in [0.2, 0.25) is 5.91 Å². The quantitative estimate of drug-likeness (QED) is 0.830. The van der Waals surface area contributed by atoms with Crippen molar-refractivity contribution >= 4 is 36.4 Å². The van der Waals surface area contributed by atoms with Crippen LogP contribution in [0.1, 0.15) is 25.7 Å². The SMILES string of the molecule is COc1ccccc1NCC(=O)N(C)C1CC2CCC(C1)N2.Cl.Cl. The van der Waals surface area contributed by atoms with E-state index in [-0.39, 0.29) is 30.7 Å². The van der Waals surface area contributed by atoms with E-state index < -0.39 is 0 Å². The van der Waals surface area contributed by atoms with Crippen LogP contribution in [0.2, 0.25) is 0 Å². The summed E-state index contributed by atoms with van der Waals surface area (Å²) in [5, 5.41) is 6.81. The molecule has 2 N–H and O–H groups in total. The molecule has 0 spiro atoms.